The molecule has 5 nitrogen and oxygen atoms in total. The average molecular weight is 482 g/mol. The number of hydrogen-bond acceptors (Lipinski definition) is 3. The molecule has 4 atom stereocenters. The van der Waals surface area contributed by atoms with Crippen molar-refractivity contribution in [3.8, 4) is 5.75 Å². The SMILES string of the molecule is O=C(NCC1CCCCC1)NC(CC1CCCCC1)CN1[C@@H]2CC[C@H]1CC(c1cccc(O)c1)C2. The molecule has 0 aromatic heterocycles. The summed E-state index contributed by atoms with van der Waals surface area (Å²) in [6.45, 7) is 1.83. The van der Waals surface area contributed by atoms with E-state index in [-0.39, 0.29) is 12.1 Å². The average Bonchev–Trinajstić information content (AvgIpc) is 3.09. The van der Waals surface area contributed by atoms with Crippen LogP contribution in [-0.4, -0.2) is 47.3 Å². The van der Waals surface area contributed by atoms with Crippen LogP contribution in [0.15, 0.2) is 24.3 Å². The van der Waals surface area contributed by atoms with Gasteiger partial charge in [0.1, 0.15) is 5.75 Å². The van der Waals surface area contributed by atoms with Crippen molar-refractivity contribution in [3.63, 3.8) is 0 Å². The predicted molar refractivity (Wildman–Crippen MR) is 142 cm³/mol. The first kappa shape index (κ1) is 24.9. The summed E-state index contributed by atoms with van der Waals surface area (Å²) in [5.41, 5.74) is 1.29. The monoisotopic (exact) mass is 481 g/mol. The number of benzene rings is 1. The third-order valence-electron chi connectivity index (χ3n) is 9.61. The van der Waals surface area contributed by atoms with Crippen molar-refractivity contribution in [1.29, 1.82) is 0 Å². The minimum Gasteiger partial charge on any atom is -0.508 e. The second-order valence-corrected chi connectivity index (χ2v) is 12.1. The van der Waals surface area contributed by atoms with Gasteiger partial charge in [0.2, 0.25) is 0 Å². The standard InChI is InChI=1S/C30H47N3O2/c34-29-13-7-12-24(19-29)25-17-27-14-15-28(18-25)33(27)21-26(16-22-8-3-1-4-9-22)32-30(35)31-20-23-10-5-2-6-11-23/h7,12-13,19,22-23,25-28,34H,1-6,8-11,14-18,20-21H2,(H2,31,32,35)/t25?,26?,27-,28+. The van der Waals surface area contributed by atoms with Crippen LogP contribution in [0.3, 0.4) is 0 Å². The highest BCUT2D eigenvalue weighted by Gasteiger charge is 2.42. The van der Waals surface area contributed by atoms with Gasteiger partial charge in [0.05, 0.1) is 0 Å². The summed E-state index contributed by atoms with van der Waals surface area (Å²) < 4.78 is 0. The largest absolute Gasteiger partial charge is 0.508 e. The molecule has 2 bridgehead atoms. The smallest absolute Gasteiger partial charge is 0.315 e. The van der Waals surface area contributed by atoms with Crippen LogP contribution in [0.25, 0.3) is 0 Å². The molecule has 0 radical (unpaired) electrons. The molecule has 1 aromatic carbocycles. The van der Waals surface area contributed by atoms with Crippen LogP contribution in [0, 0.1) is 11.8 Å². The number of rotatable bonds is 8. The van der Waals surface area contributed by atoms with Gasteiger partial charge in [-0.2, -0.15) is 0 Å². The van der Waals surface area contributed by atoms with Crippen molar-refractivity contribution in [3.05, 3.63) is 29.8 Å². The van der Waals surface area contributed by atoms with Crippen LogP contribution < -0.4 is 10.6 Å². The van der Waals surface area contributed by atoms with E-state index in [9.17, 15) is 9.90 Å². The Morgan fingerprint density at radius 3 is 2.23 bits per heavy atom. The van der Waals surface area contributed by atoms with E-state index in [1.54, 1.807) is 6.07 Å². The number of hydrogen-bond donors (Lipinski definition) is 3. The second-order valence-electron chi connectivity index (χ2n) is 12.1. The van der Waals surface area contributed by atoms with Crippen molar-refractivity contribution < 1.29 is 9.90 Å². The number of carbonyl (C=O) groups excluding carboxylic acids is 1. The Bertz CT molecular complexity index is 804. The summed E-state index contributed by atoms with van der Waals surface area (Å²) in [6.07, 6.45) is 19.3. The zero-order valence-electron chi connectivity index (χ0n) is 21.6. The maximum Gasteiger partial charge on any atom is 0.315 e. The Labute approximate surface area is 212 Å². The molecule has 2 amide bonds. The van der Waals surface area contributed by atoms with Gasteiger partial charge in [-0.3, -0.25) is 4.90 Å². The molecule has 194 valence electrons. The molecule has 35 heavy (non-hydrogen) atoms. The van der Waals surface area contributed by atoms with Gasteiger partial charge in [-0.25, -0.2) is 4.79 Å². The molecule has 3 N–H and O–H groups in total. The number of nitrogens with one attached hydrogen (secondary N) is 2. The highest BCUT2D eigenvalue weighted by Crippen LogP contribution is 2.43. The molecule has 1 aromatic rings. The minimum absolute atomic E-state index is 0.0541. The van der Waals surface area contributed by atoms with Crippen LogP contribution in [0.5, 0.6) is 5.75 Å². The molecule has 2 aliphatic carbocycles. The topological polar surface area (TPSA) is 64.6 Å². The van der Waals surface area contributed by atoms with Gasteiger partial charge in [0.25, 0.3) is 0 Å². The number of nitrogens with zero attached hydrogens (tertiary/aromatic N) is 1. The zero-order chi connectivity index (χ0) is 24.0. The number of fused-ring (bicyclic) bond motifs is 2. The summed E-state index contributed by atoms with van der Waals surface area (Å²) in [5, 5.41) is 16.7. The summed E-state index contributed by atoms with van der Waals surface area (Å²) in [6, 6.07) is 9.39. The van der Waals surface area contributed by atoms with Crippen LogP contribution in [0.4, 0.5) is 4.79 Å². The van der Waals surface area contributed by atoms with Crippen molar-refractivity contribution in [1.82, 2.24) is 15.5 Å². The lowest BCUT2D eigenvalue weighted by Gasteiger charge is -2.41. The Morgan fingerprint density at radius 1 is 0.914 bits per heavy atom. The lowest BCUT2D eigenvalue weighted by Crippen LogP contribution is -2.53. The number of amides is 2. The van der Waals surface area contributed by atoms with Crippen LogP contribution in [0.2, 0.25) is 0 Å². The van der Waals surface area contributed by atoms with Crippen LogP contribution in [-0.2, 0) is 0 Å². The Kier molecular flexibility index (Phi) is 8.54. The Morgan fingerprint density at radius 2 is 1.57 bits per heavy atom. The van der Waals surface area contributed by atoms with E-state index in [4.69, 9.17) is 0 Å². The highest BCUT2D eigenvalue weighted by molar-refractivity contribution is 5.74. The van der Waals surface area contributed by atoms with Crippen molar-refractivity contribution >= 4 is 6.03 Å². The van der Waals surface area contributed by atoms with E-state index >= 15 is 0 Å². The lowest BCUT2D eigenvalue weighted by molar-refractivity contribution is 0.107. The lowest BCUT2D eigenvalue weighted by atomic mass is 9.83. The number of aromatic hydroxyl groups is 1. The Balaban J connectivity index is 1.19. The second kappa shape index (κ2) is 12.0. The first-order valence-electron chi connectivity index (χ1n) is 14.7. The zero-order valence-corrected chi connectivity index (χ0v) is 21.6. The van der Waals surface area contributed by atoms with Crippen LogP contribution >= 0.6 is 0 Å². The van der Waals surface area contributed by atoms with Crippen molar-refractivity contribution in [2.75, 3.05) is 13.1 Å². The van der Waals surface area contributed by atoms with Gasteiger partial charge >= 0.3 is 6.03 Å². The molecular formula is C30H47N3O2. The summed E-state index contributed by atoms with van der Waals surface area (Å²) >= 11 is 0. The number of phenolic OH excluding ortho intramolecular Hbond substituents is 1. The molecule has 2 saturated carbocycles. The quantitative estimate of drug-likeness (QED) is 0.407. The molecule has 4 aliphatic rings. The van der Waals surface area contributed by atoms with E-state index in [0.717, 1.165) is 25.4 Å². The number of piperidine rings is 1. The van der Waals surface area contributed by atoms with Crippen LogP contribution in [0.1, 0.15) is 108 Å². The third kappa shape index (κ3) is 6.72. The van der Waals surface area contributed by atoms with Gasteiger partial charge in [-0.15, -0.1) is 0 Å². The molecule has 5 heteroatoms. The molecule has 0 spiro atoms. The van der Waals surface area contributed by atoms with Gasteiger partial charge < -0.3 is 15.7 Å². The maximum atomic E-state index is 13.0. The molecule has 5 rings (SSSR count). The number of phenols is 1. The minimum atomic E-state index is 0.0541. The first-order chi connectivity index (χ1) is 17.1. The fourth-order valence-corrected chi connectivity index (χ4v) is 7.75. The molecular weight excluding hydrogens is 434 g/mol. The molecule has 2 unspecified atom stereocenters. The van der Waals surface area contributed by atoms with Gasteiger partial charge in [-0.05, 0) is 80.4 Å². The number of urea groups is 1. The van der Waals surface area contributed by atoms with E-state index in [2.05, 4.69) is 21.6 Å². The van der Waals surface area contributed by atoms with Gasteiger partial charge in [0.15, 0.2) is 0 Å². The fourth-order valence-electron chi connectivity index (χ4n) is 7.75. The van der Waals surface area contributed by atoms with E-state index in [1.807, 2.05) is 12.1 Å². The fraction of sp³-hybridized carbons (Fsp3) is 0.767. The Hall–Kier alpha value is -1.75. The highest BCUT2D eigenvalue weighted by atomic mass is 16.3. The molecule has 2 aliphatic heterocycles. The molecule has 2 saturated heterocycles. The van der Waals surface area contributed by atoms with Crippen molar-refractivity contribution in [2.24, 2.45) is 11.8 Å². The summed E-state index contributed by atoms with van der Waals surface area (Å²) in [4.78, 5) is 15.7. The van der Waals surface area contributed by atoms with Crippen molar-refractivity contribution in [2.45, 2.75) is 120 Å². The molecule has 4 fully saturated rings. The maximum absolute atomic E-state index is 13.0. The normalized spacial score (nSPS) is 29.1. The summed E-state index contributed by atoms with van der Waals surface area (Å²) in [7, 11) is 0. The van der Waals surface area contributed by atoms with Gasteiger partial charge in [0, 0.05) is 31.2 Å². The third-order valence-corrected chi connectivity index (χ3v) is 9.61. The summed E-state index contributed by atoms with van der Waals surface area (Å²) in [5.74, 6) is 2.35. The van der Waals surface area contributed by atoms with E-state index in [1.165, 1.54) is 95.5 Å². The van der Waals surface area contributed by atoms with E-state index in [0.29, 0.717) is 29.7 Å². The molecule has 2 heterocycles. The van der Waals surface area contributed by atoms with Gasteiger partial charge in [-0.1, -0.05) is 63.5 Å². The predicted octanol–water partition coefficient (Wildman–Crippen LogP) is 6.32. The number of carbonyl (C=O) groups is 1. The van der Waals surface area contributed by atoms with E-state index < -0.39 is 0 Å². The first-order valence-corrected chi connectivity index (χ1v) is 14.7.